The fourth-order valence-corrected chi connectivity index (χ4v) is 1.16. The average molecular weight is 223 g/mol. The molecule has 0 aliphatic carbocycles. The number of nitrogens with zero attached hydrogens (tertiary/aromatic N) is 1. The molecule has 2 N–H and O–H groups in total. The fraction of sp³-hybridized carbons (Fsp3) is 0. The molecule has 0 atom stereocenters. The number of H-pyrrole nitrogens is 1. The van der Waals surface area contributed by atoms with E-state index in [4.69, 9.17) is 0 Å². The monoisotopic (exact) mass is 223 g/mol. The van der Waals surface area contributed by atoms with Crippen LogP contribution < -0.4 is 5.32 Å². The first-order valence-electron chi connectivity index (χ1n) is 4.42. The predicted molar refractivity (Wildman–Crippen MR) is 52.9 cm³/mol. The lowest BCUT2D eigenvalue weighted by Crippen LogP contribution is -2.12. The maximum Gasteiger partial charge on any atom is 0.256 e. The largest absolute Gasteiger partial charge is 0.307 e. The number of hydrogen-bond acceptors (Lipinski definition) is 2. The van der Waals surface area contributed by atoms with Crippen molar-refractivity contribution in [2.24, 2.45) is 0 Å². The van der Waals surface area contributed by atoms with Crippen molar-refractivity contribution in [1.29, 1.82) is 0 Å². The number of nitrogens with one attached hydrogen (secondary N) is 2. The molecular weight excluding hydrogens is 216 g/mol. The summed E-state index contributed by atoms with van der Waals surface area (Å²) in [6.07, 6.45) is 1.46. The highest BCUT2D eigenvalue weighted by Crippen LogP contribution is 2.10. The molecule has 1 aromatic heterocycles. The summed E-state index contributed by atoms with van der Waals surface area (Å²) in [4.78, 5) is 11.5. The standard InChI is InChI=1S/C10H7F2N3O/c11-7-2-1-6(5-8(7)12)10(16)14-9-3-4-13-15-9/h1-5H,(H2,13,14,15,16). The van der Waals surface area contributed by atoms with E-state index in [1.807, 2.05) is 0 Å². The molecule has 1 amide bonds. The Morgan fingerprint density at radius 2 is 2.06 bits per heavy atom. The van der Waals surface area contributed by atoms with E-state index < -0.39 is 17.5 Å². The number of amides is 1. The molecule has 2 rings (SSSR count). The highest BCUT2D eigenvalue weighted by molar-refractivity contribution is 6.03. The Hall–Kier alpha value is -2.24. The number of carbonyl (C=O) groups excluding carboxylic acids is 1. The molecule has 0 radical (unpaired) electrons. The summed E-state index contributed by atoms with van der Waals surface area (Å²) in [7, 11) is 0. The molecule has 1 aromatic carbocycles. The highest BCUT2D eigenvalue weighted by Gasteiger charge is 2.10. The lowest BCUT2D eigenvalue weighted by molar-refractivity contribution is 0.102. The third-order valence-corrected chi connectivity index (χ3v) is 1.93. The minimum absolute atomic E-state index is 0.0356. The molecular formula is C10H7F2N3O. The van der Waals surface area contributed by atoms with Gasteiger partial charge in [-0.25, -0.2) is 8.78 Å². The van der Waals surface area contributed by atoms with Gasteiger partial charge in [-0.3, -0.25) is 9.89 Å². The van der Waals surface area contributed by atoms with Crippen LogP contribution in [0.15, 0.2) is 30.5 Å². The van der Waals surface area contributed by atoms with Gasteiger partial charge in [0.25, 0.3) is 5.91 Å². The normalized spacial score (nSPS) is 10.1. The van der Waals surface area contributed by atoms with Gasteiger partial charge in [0, 0.05) is 11.6 Å². The van der Waals surface area contributed by atoms with Crippen molar-refractivity contribution < 1.29 is 13.6 Å². The van der Waals surface area contributed by atoms with Crippen molar-refractivity contribution in [3.8, 4) is 0 Å². The highest BCUT2D eigenvalue weighted by atomic mass is 19.2. The van der Waals surface area contributed by atoms with Gasteiger partial charge >= 0.3 is 0 Å². The molecule has 0 aliphatic heterocycles. The van der Waals surface area contributed by atoms with Crippen LogP contribution in [0.2, 0.25) is 0 Å². The third kappa shape index (κ3) is 2.05. The van der Waals surface area contributed by atoms with E-state index in [0.717, 1.165) is 12.1 Å². The summed E-state index contributed by atoms with van der Waals surface area (Å²) in [5.74, 6) is -2.20. The number of aromatic amines is 1. The van der Waals surface area contributed by atoms with Crippen molar-refractivity contribution in [2.75, 3.05) is 5.32 Å². The minimum atomic E-state index is -1.06. The molecule has 0 aliphatic rings. The Morgan fingerprint density at radius 3 is 2.69 bits per heavy atom. The van der Waals surface area contributed by atoms with Gasteiger partial charge in [-0.1, -0.05) is 0 Å². The summed E-state index contributed by atoms with van der Waals surface area (Å²) >= 11 is 0. The SMILES string of the molecule is O=C(Nc1ccn[nH]1)c1ccc(F)c(F)c1. The van der Waals surface area contributed by atoms with Crippen molar-refractivity contribution in [3.05, 3.63) is 47.7 Å². The molecule has 0 bridgehead atoms. The van der Waals surface area contributed by atoms with Crippen LogP contribution in [0, 0.1) is 11.6 Å². The third-order valence-electron chi connectivity index (χ3n) is 1.93. The number of benzene rings is 1. The van der Waals surface area contributed by atoms with Crippen LogP contribution in [0.25, 0.3) is 0 Å². The second-order valence-corrected chi connectivity index (χ2v) is 3.05. The van der Waals surface area contributed by atoms with E-state index in [-0.39, 0.29) is 5.56 Å². The van der Waals surface area contributed by atoms with Crippen LogP contribution in [0.5, 0.6) is 0 Å². The van der Waals surface area contributed by atoms with Gasteiger partial charge in [0.2, 0.25) is 0 Å². The summed E-state index contributed by atoms with van der Waals surface area (Å²) < 4.78 is 25.5. The zero-order chi connectivity index (χ0) is 11.5. The van der Waals surface area contributed by atoms with E-state index >= 15 is 0 Å². The van der Waals surface area contributed by atoms with Crippen LogP contribution in [0.4, 0.5) is 14.6 Å². The first-order valence-corrected chi connectivity index (χ1v) is 4.42. The Balaban J connectivity index is 2.18. The van der Waals surface area contributed by atoms with Gasteiger partial charge in [-0.15, -0.1) is 0 Å². The molecule has 82 valence electrons. The Bertz CT molecular complexity index is 511. The Kier molecular flexibility index (Phi) is 2.63. The summed E-state index contributed by atoms with van der Waals surface area (Å²) in [6, 6.07) is 4.47. The second-order valence-electron chi connectivity index (χ2n) is 3.05. The predicted octanol–water partition coefficient (Wildman–Crippen LogP) is 1.94. The zero-order valence-electron chi connectivity index (χ0n) is 8.00. The summed E-state index contributed by atoms with van der Waals surface area (Å²) in [5.41, 5.74) is 0.0356. The van der Waals surface area contributed by atoms with E-state index in [0.29, 0.717) is 5.82 Å². The van der Waals surface area contributed by atoms with Crippen molar-refractivity contribution in [1.82, 2.24) is 10.2 Å². The second kappa shape index (κ2) is 4.09. The van der Waals surface area contributed by atoms with Crippen LogP contribution in [-0.4, -0.2) is 16.1 Å². The Labute approximate surface area is 89.3 Å². The number of rotatable bonds is 2. The number of hydrogen-bond donors (Lipinski definition) is 2. The molecule has 16 heavy (non-hydrogen) atoms. The van der Waals surface area contributed by atoms with E-state index in [9.17, 15) is 13.6 Å². The van der Waals surface area contributed by atoms with Crippen molar-refractivity contribution >= 4 is 11.7 Å². The maximum absolute atomic E-state index is 12.8. The molecule has 4 nitrogen and oxygen atoms in total. The lowest BCUT2D eigenvalue weighted by atomic mass is 10.2. The van der Waals surface area contributed by atoms with Crippen LogP contribution in [0.1, 0.15) is 10.4 Å². The Morgan fingerprint density at radius 1 is 1.25 bits per heavy atom. The maximum atomic E-state index is 12.8. The van der Waals surface area contributed by atoms with E-state index in [2.05, 4.69) is 15.5 Å². The number of anilines is 1. The molecule has 0 saturated heterocycles. The molecule has 6 heteroatoms. The number of aromatic nitrogens is 2. The molecule has 2 aromatic rings. The zero-order valence-corrected chi connectivity index (χ0v) is 8.00. The minimum Gasteiger partial charge on any atom is -0.307 e. The van der Waals surface area contributed by atoms with Gasteiger partial charge in [0.1, 0.15) is 5.82 Å². The van der Waals surface area contributed by atoms with Gasteiger partial charge in [0.15, 0.2) is 11.6 Å². The van der Waals surface area contributed by atoms with Crippen LogP contribution in [0.3, 0.4) is 0 Å². The van der Waals surface area contributed by atoms with Gasteiger partial charge in [-0.05, 0) is 18.2 Å². The number of halogens is 2. The van der Waals surface area contributed by atoms with Crippen LogP contribution >= 0.6 is 0 Å². The smallest absolute Gasteiger partial charge is 0.256 e. The van der Waals surface area contributed by atoms with Gasteiger partial charge < -0.3 is 5.32 Å². The van der Waals surface area contributed by atoms with Crippen molar-refractivity contribution in [2.45, 2.75) is 0 Å². The number of carbonyl (C=O) groups is 1. The summed E-state index contributed by atoms with van der Waals surface area (Å²) in [6.45, 7) is 0. The molecule has 1 heterocycles. The lowest BCUT2D eigenvalue weighted by Gasteiger charge is -2.02. The summed E-state index contributed by atoms with van der Waals surface area (Å²) in [5, 5.41) is 8.58. The molecule has 0 fully saturated rings. The van der Waals surface area contributed by atoms with E-state index in [1.54, 1.807) is 0 Å². The fourth-order valence-electron chi connectivity index (χ4n) is 1.16. The first kappa shape index (κ1) is 10.3. The van der Waals surface area contributed by atoms with Gasteiger partial charge in [0.05, 0.1) is 6.20 Å². The first-order chi connectivity index (χ1) is 7.66. The molecule has 0 unspecified atom stereocenters. The van der Waals surface area contributed by atoms with Crippen molar-refractivity contribution in [3.63, 3.8) is 0 Å². The topological polar surface area (TPSA) is 57.8 Å². The average Bonchev–Trinajstić information content (AvgIpc) is 2.74. The molecule has 0 spiro atoms. The van der Waals surface area contributed by atoms with Crippen LogP contribution in [-0.2, 0) is 0 Å². The molecule has 0 saturated carbocycles. The van der Waals surface area contributed by atoms with E-state index in [1.165, 1.54) is 18.3 Å². The quantitative estimate of drug-likeness (QED) is 0.817. The van der Waals surface area contributed by atoms with Gasteiger partial charge in [-0.2, -0.15) is 5.10 Å².